The fourth-order valence-electron chi connectivity index (χ4n) is 2.01. The molecule has 0 radical (unpaired) electrons. The third-order valence-corrected chi connectivity index (χ3v) is 2.75. The molecule has 3 nitrogen and oxygen atoms in total. The average Bonchev–Trinajstić information content (AvgIpc) is 2.07. The molecule has 1 rings (SSSR count). The summed E-state index contributed by atoms with van der Waals surface area (Å²) in [5.74, 6) is 0.696. The van der Waals surface area contributed by atoms with Crippen molar-refractivity contribution in [1.29, 1.82) is 0 Å². The Bertz CT molecular complexity index is 161. The summed E-state index contributed by atoms with van der Waals surface area (Å²) in [6.45, 7) is 10.4. The van der Waals surface area contributed by atoms with Crippen molar-refractivity contribution in [2.24, 2.45) is 11.7 Å². The summed E-state index contributed by atoms with van der Waals surface area (Å²) >= 11 is 0. The standard InChI is InChI=1S/C11H24N2O/c1-9(2)6-11(12)7-13-4-5-14-8-10(13)3/h9-11H,4-8,12H2,1-3H3. The summed E-state index contributed by atoms with van der Waals surface area (Å²) in [7, 11) is 0. The molecular formula is C11H24N2O. The van der Waals surface area contributed by atoms with Gasteiger partial charge in [-0.05, 0) is 19.3 Å². The molecule has 14 heavy (non-hydrogen) atoms. The Hall–Kier alpha value is -0.120. The van der Waals surface area contributed by atoms with E-state index in [4.69, 9.17) is 10.5 Å². The maximum Gasteiger partial charge on any atom is 0.0619 e. The molecule has 1 aliphatic heterocycles. The van der Waals surface area contributed by atoms with E-state index in [0.717, 1.165) is 32.7 Å². The molecule has 1 heterocycles. The third-order valence-electron chi connectivity index (χ3n) is 2.75. The van der Waals surface area contributed by atoms with Crippen LogP contribution in [-0.2, 0) is 4.74 Å². The number of rotatable bonds is 4. The number of nitrogens with zero attached hydrogens (tertiary/aromatic N) is 1. The molecule has 3 heteroatoms. The van der Waals surface area contributed by atoms with E-state index in [9.17, 15) is 0 Å². The zero-order valence-corrected chi connectivity index (χ0v) is 9.70. The van der Waals surface area contributed by atoms with E-state index in [-0.39, 0.29) is 0 Å². The minimum atomic E-state index is 0.315. The largest absolute Gasteiger partial charge is 0.379 e. The molecule has 0 aliphatic carbocycles. The molecule has 2 unspecified atom stereocenters. The van der Waals surface area contributed by atoms with E-state index < -0.39 is 0 Å². The number of morpholine rings is 1. The number of hydrogen-bond donors (Lipinski definition) is 1. The van der Waals surface area contributed by atoms with Crippen LogP contribution in [0.2, 0.25) is 0 Å². The Morgan fingerprint density at radius 2 is 2.21 bits per heavy atom. The van der Waals surface area contributed by atoms with Crippen LogP contribution in [0.1, 0.15) is 27.2 Å². The van der Waals surface area contributed by atoms with Gasteiger partial charge in [-0.15, -0.1) is 0 Å². The highest BCUT2D eigenvalue weighted by Gasteiger charge is 2.20. The molecule has 1 fully saturated rings. The lowest BCUT2D eigenvalue weighted by Gasteiger charge is -2.35. The lowest BCUT2D eigenvalue weighted by atomic mass is 10.0. The summed E-state index contributed by atoms with van der Waals surface area (Å²) in [5, 5.41) is 0. The van der Waals surface area contributed by atoms with E-state index in [2.05, 4.69) is 25.7 Å². The molecule has 84 valence electrons. The smallest absolute Gasteiger partial charge is 0.0619 e. The summed E-state index contributed by atoms with van der Waals surface area (Å²) in [5.41, 5.74) is 6.09. The highest BCUT2D eigenvalue weighted by atomic mass is 16.5. The van der Waals surface area contributed by atoms with Crippen molar-refractivity contribution < 1.29 is 4.74 Å². The zero-order chi connectivity index (χ0) is 10.6. The van der Waals surface area contributed by atoms with Crippen LogP contribution in [-0.4, -0.2) is 43.3 Å². The first kappa shape index (κ1) is 12.0. The van der Waals surface area contributed by atoms with E-state index in [1.54, 1.807) is 0 Å². The van der Waals surface area contributed by atoms with Crippen LogP contribution in [0, 0.1) is 5.92 Å². The van der Waals surface area contributed by atoms with Gasteiger partial charge in [0.25, 0.3) is 0 Å². The van der Waals surface area contributed by atoms with Crippen molar-refractivity contribution in [3.05, 3.63) is 0 Å². The molecule has 2 N–H and O–H groups in total. The summed E-state index contributed by atoms with van der Waals surface area (Å²) < 4.78 is 5.39. The monoisotopic (exact) mass is 200 g/mol. The summed E-state index contributed by atoms with van der Waals surface area (Å²) in [6.07, 6.45) is 1.12. The van der Waals surface area contributed by atoms with Crippen LogP contribution in [0.25, 0.3) is 0 Å². The van der Waals surface area contributed by atoms with Gasteiger partial charge in [0.2, 0.25) is 0 Å². The SMILES string of the molecule is CC(C)CC(N)CN1CCOCC1C. The molecule has 0 saturated carbocycles. The van der Waals surface area contributed by atoms with Crippen LogP contribution < -0.4 is 5.73 Å². The molecule has 0 bridgehead atoms. The molecule has 0 aromatic heterocycles. The average molecular weight is 200 g/mol. The third kappa shape index (κ3) is 3.95. The van der Waals surface area contributed by atoms with E-state index >= 15 is 0 Å². The van der Waals surface area contributed by atoms with Crippen LogP contribution in [0.5, 0.6) is 0 Å². The number of hydrogen-bond acceptors (Lipinski definition) is 3. The lowest BCUT2D eigenvalue weighted by molar-refractivity contribution is -0.00343. The van der Waals surface area contributed by atoms with Crippen molar-refractivity contribution >= 4 is 0 Å². The highest BCUT2D eigenvalue weighted by molar-refractivity contribution is 4.76. The lowest BCUT2D eigenvalue weighted by Crippen LogP contribution is -2.49. The molecule has 0 aromatic carbocycles. The maximum atomic E-state index is 6.09. The van der Waals surface area contributed by atoms with Gasteiger partial charge >= 0.3 is 0 Å². The Kier molecular flexibility index (Phi) is 4.85. The Balaban J connectivity index is 2.27. The second-order valence-electron chi connectivity index (χ2n) is 4.81. The van der Waals surface area contributed by atoms with Gasteiger partial charge in [-0.1, -0.05) is 13.8 Å². The predicted molar refractivity (Wildman–Crippen MR) is 59.3 cm³/mol. The van der Waals surface area contributed by atoms with Crippen molar-refractivity contribution in [3.63, 3.8) is 0 Å². The van der Waals surface area contributed by atoms with E-state index in [1.807, 2.05) is 0 Å². The molecule has 1 aliphatic rings. The number of ether oxygens (including phenoxy) is 1. The molecule has 0 aromatic rings. The van der Waals surface area contributed by atoms with E-state index in [0.29, 0.717) is 18.0 Å². The van der Waals surface area contributed by atoms with Gasteiger partial charge in [-0.2, -0.15) is 0 Å². The zero-order valence-electron chi connectivity index (χ0n) is 9.70. The summed E-state index contributed by atoms with van der Waals surface area (Å²) in [6, 6.07) is 0.845. The van der Waals surface area contributed by atoms with Crippen molar-refractivity contribution in [1.82, 2.24) is 4.90 Å². The van der Waals surface area contributed by atoms with Crippen LogP contribution in [0.3, 0.4) is 0 Å². The van der Waals surface area contributed by atoms with Gasteiger partial charge < -0.3 is 10.5 Å². The quantitative estimate of drug-likeness (QED) is 0.738. The minimum Gasteiger partial charge on any atom is -0.379 e. The van der Waals surface area contributed by atoms with Crippen molar-refractivity contribution in [3.8, 4) is 0 Å². The first-order valence-corrected chi connectivity index (χ1v) is 5.67. The van der Waals surface area contributed by atoms with Crippen molar-refractivity contribution in [2.75, 3.05) is 26.3 Å². The maximum absolute atomic E-state index is 6.09. The van der Waals surface area contributed by atoms with Gasteiger partial charge in [0, 0.05) is 25.2 Å². The molecular weight excluding hydrogens is 176 g/mol. The Morgan fingerprint density at radius 1 is 1.50 bits per heavy atom. The van der Waals surface area contributed by atoms with Crippen LogP contribution in [0.4, 0.5) is 0 Å². The van der Waals surface area contributed by atoms with Gasteiger partial charge in [0.15, 0.2) is 0 Å². The van der Waals surface area contributed by atoms with Crippen molar-refractivity contribution in [2.45, 2.75) is 39.3 Å². The van der Waals surface area contributed by atoms with Gasteiger partial charge in [0.1, 0.15) is 0 Å². The topological polar surface area (TPSA) is 38.5 Å². The number of nitrogens with two attached hydrogens (primary N) is 1. The highest BCUT2D eigenvalue weighted by Crippen LogP contribution is 2.09. The normalized spacial score (nSPS) is 26.8. The predicted octanol–water partition coefficient (Wildman–Crippen LogP) is 1.08. The molecule has 1 saturated heterocycles. The second-order valence-corrected chi connectivity index (χ2v) is 4.81. The molecule has 0 amide bonds. The van der Waals surface area contributed by atoms with Gasteiger partial charge in [-0.3, -0.25) is 4.90 Å². The van der Waals surface area contributed by atoms with Gasteiger partial charge in [-0.25, -0.2) is 0 Å². The first-order chi connectivity index (χ1) is 6.59. The fourth-order valence-corrected chi connectivity index (χ4v) is 2.01. The molecule has 0 spiro atoms. The Morgan fingerprint density at radius 3 is 2.79 bits per heavy atom. The van der Waals surface area contributed by atoms with E-state index in [1.165, 1.54) is 0 Å². The molecule has 2 atom stereocenters. The van der Waals surface area contributed by atoms with Crippen LogP contribution >= 0.6 is 0 Å². The first-order valence-electron chi connectivity index (χ1n) is 5.67. The second kappa shape index (κ2) is 5.69. The fraction of sp³-hybridized carbons (Fsp3) is 1.00. The summed E-state index contributed by atoms with van der Waals surface area (Å²) in [4.78, 5) is 2.44. The van der Waals surface area contributed by atoms with Crippen LogP contribution in [0.15, 0.2) is 0 Å². The minimum absolute atomic E-state index is 0.315. The Labute approximate surface area is 87.6 Å². The van der Waals surface area contributed by atoms with Gasteiger partial charge in [0.05, 0.1) is 13.2 Å².